The third kappa shape index (κ3) is 3.72. The van der Waals surface area contributed by atoms with Crippen LogP contribution >= 0.6 is 0 Å². The number of H-pyrrole nitrogens is 1. The van der Waals surface area contributed by atoms with Crippen LogP contribution in [-0.2, 0) is 6.42 Å². The van der Waals surface area contributed by atoms with Crippen LogP contribution in [0.5, 0.6) is 5.75 Å². The van der Waals surface area contributed by atoms with E-state index in [9.17, 15) is 9.59 Å². The van der Waals surface area contributed by atoms with Gasteiger partial charge in [-0.1, -0.05) is 18.2 Å². The van der Waals surface area contributed by atoms with Crippen molar-refractivity contribution in [2.45, 2.75) is 13.3 Å². The summed E-state index contributed by atoms with van der Waals surface area (Å²) in [6.45, 7) is 2.21. The summed E-state index contributed by atoms with van der Waals surface area (Å²) in [5.41, 5.74) is 1.59. The van der Waals surface area contributed by atoms with E-state index in [2.05, 4.69) is 10.3 Å². The molecule has 5 nitrogen and oxygen atoms in total. The number of rotatable bonds is 5. The molecule has 0 bridgehead atoms. The predicted molar refractivity (Wildman–Crippen MR) is 80.8 cm³/mol. The van der Waals surface area contributed by atoms with Crippen LogP contribution in [0.25, 0.3) is 0 Å². The zero-order valence-corrected chi connectivity index (χ0v) is 12.1. The van der Waals surface area contributed by atoms with Crippen LogP contribution in [0.4, 0.5) is 0 Å². The molecule has 0 aliphatic heterocycles. The van der Waals surface area contributed by atoms with Crippen molar-refractivity contribution in [3.05, 3.63) is 63.6 Å². The molecule has 2 rings (SSSR count). The molecule has 0 atom stereocenters. The second-order valence-corrected chi connectivity index (χ2v) is 4.71. The summed E-state index contributed by atoms with van der Waals surface area (Å²) in [5.74, 6) is 0.422. The Morgan fingerprint density at radius 1 is 1.33 bits per heavy atom. The number of carbonyl (C=O) groups excluding carboxylic acids is 1. The Labute approximate surface area is 123 Å². The van der Waals surface area contributed by atoms with Gasteiger partial charge in [-0.3, -0.25) is 9.59 Å². The topological polar surface area (TPSA) is 71.2 Å². The molecule has 21 heavy (non-hydrogen) atoms. The fourth-order valence-electron chi connectivity index (χ4n) is 2.07. The number of ether oxygens (including phenoxy) is 1. The summed E-state index contributed by atoms with van der Waals surface area (Å²) in [5, 5.41) is 2.74. The molecule has 1 heterocycles. The highest BCUT2D eigenvalue weighted by Gasteiger charge is 2.10. The molecular weight excluding hydrogens is 268 g/mol. The number of pyridine rings is 1. The molecule has 0 saturated heterocycles. The number of aryl methyl sites for hydroxylation is 1. The molecule has 0 saturated carbocycles. The molecule has 1 aromatic heterocycles. The average molecular weight is 286 g/mol. The first-order valence-electron chi connectivity index (χ1n) is 6.71. The van der Waals surface area contributed by atoms with Crippen LogP contribution in [0, 0.1) is 6.92 Å². The summed E-state index contributed by atoms with van der Waals surface area (Å²) in [6, 6.07) is 9.05. The molecule has 2 aromatic rings. The second-order valence-electron chi connectivity index (χ2n) is 4.71. The highest BCUT2D eigenvalue weighted by Crippen LogP contribution is 2.17. The molecule has 0 fully saturated rings. The molecule has 0 unspecified atom stereocenters. The fourth-order valence-corrected chi connectivity index (χ4v) is 2.07. The lowest BCUT2D eigenvalue weighted by molar-refractivity contribution is 0.0952. The number of hydrogen-bond acceptors (Lipinski definition) is 3. The van der Waals surface area contributed by atoms with Gasteiger partial charge in [0, 0.05) is 24.5 Å². The minimum absolute atomic E-state index is 0.126. The van der Waals surface area contributed by atoms with E-state index in [1.165, 1.54) is 12.3 Å². The lowest BCUT2D eigenvalue weighted by Gasteiger charge is -2.09. The number of aromatic amines is 1. The number of methoxy groups -OCH3 is 1. The van der Waals surface area contributed by atoms with Gasteiger partial charge in [-0.15, -0.1) is 0 Å². The van der Waals surface area contributed by atoms with Gasteiger partial charge in [0.1, 0.15) is 11.3 Å². The van der Waals surface area contributed by atoms with Crippen molar-refractivity contribution < 1.29 is 9.53 Å². The Morgan fingerprint density at radius 2 is 2.10 bits per heavy atom. The summed E-state index contributed by atoms with van der Waals surface area (Å²) in [4.78, 5) is 26.5. The first kappa shape index (κ1) is 14.8. The smallest absolute Gasteiger partial charge is 0.256 e. The molecule has 0 aliphatic rings. The standard InChI is InChI=1S/C16H18N2O3/c1-11-9-14(19)13(10-18-11)16(20)17-8-7-12-5-3-4-6-15(12)21-2/h3-6,9-10H,7-8H2,1-2H3,(H,17,20)(H,18,19). The number of para-hydroxylation sites is 1. The molecule has 1 aromatic carbocycles. The highest BCUT2D eigenvalue weighted by molar-refractivity contribution is 5.93. The highest BCUT2D eigenvalue weighted by atomic mass is 16.5. The zero-order valence-electron chi connectivity index (χ0n) is 12.1. The van der Waals surface area contributed by atoms with Crippen LogP contribution in [0.3, 0.4) is 0 Å². The largest absolute Gasteiger partial charge is 0.496 e. The number of nitrogens with one attached hydrogen (secondary N) is 2. The molecule has 2 N–H and O–H groups in total. The number of carbonyl (C=O) groups is 1. The van der Waals surface area contributed by atoms with Crippen molar-refractivity contribution in [3.63, 3.8) is 0 Å². The summed E-state index contributed by atoms with van der Waals surface area (Å²) in [6.07, 6.45) is 2.08. The van der Waals surface area contributed by atoms with E-state index in [4.69, 9.17) is 4.74 Å². The molecule has 0 spiro atoms. The molecule has 5 heteroatoms. The van der Waals surface area contributed by atoms with E-state index in [1.807, 2.05) is 24.3 Å². The van der Waals surface area contributed by atoms with Crippen LogP contribution < -0.4 is 15.5 Å². The van der Waals surface area contributed by atoms with Gasteiger partial charge in [-0.2, -0.15) is 0 Å². The van der Waals surface area contributed by atoms with Gasteiger partial charge in [0.05, 0.1) is 7.11 Å². The SMILES string of the molecule is COc1ccccc1CCNC(=O)c1c[nH]c(C)cc1=O. The van der Waals surface area contributed by atoms with E-state index >= 15 is 0 Å². The third-order valence-electron chi connectivity index (χ3n) is 3.17. The average Bonchev–Trinajstić information content (AvgIpc) is 2.47. The molecular formula is C16H18N2O3. The Bertz CT molecular complexity index is 692. The maximum Gasteiger partial charge on any atom is 0.256 e. The monoisotopic (exact) mass is 286 g/mol. The lowest BCUT2D eigenvalue weighted by Crippen LogP contribution is -2.30. The maximum atomic E-state index is 12.0. The van der Waals surface area contributed by atoms with Crippen LogP contribution in [0.15, 0.2) is 41.3 Å². The van der Waals surface area contributed by atoms with Gasteiger partial charge >= 0.3 is 0 Å². The zero-order chi connectivity index (χ0) is 15.2. The minimum atomic E-state index is -0.369. The molecule has 1 amide bonds. The van der Waals surface area contributed by atoms with E-state index in [0.29, 0.717) is 13.0 Å². The summed E-state index contributed by atoms with van der Waals surface area (Å²) >= 11 is 0. The van der Waals surface area contributed by atoms with Gasteiger partial charge in [-0.05, 0) is 25.0 Å². The van der Waals surface area contributed by atoms with Gasteiger partial charge in [0.25, 0.3) is 5.91 Å². The molecule has 0 radical (unpaired) electrons. The lowest BCUT2D eigenvalue weighted by atomic mass is 10.1. The van der Waals surface area contributed by atoms with Gasteiger partial charge in [0.15, 0.2) is 5.43 Å². The van der Waals surface area contributed by atoms with Gasteiger partial charge < -0.3 is 15.0 Å². The van der Waals surface area contributed by atoms with Crippen molar-refractivity contribution in [2.24, 2.45) is 0 Å². The third-order valence-corrected chi connectivity index (χ3v) is 3.17. The summed E-state index contributed by atoms with van der Waals surface area (Å²) < 4.78 is 5.25. The maximum absolute atomic E-state index is 12.0. The summed E-state index contributed by atoms with van der Waals surface area (Å²) in [7, 11) is 1.61. The Kier molecular flexibility index (Phi) is 4.77. The second kappa shape index (κ2) is 6.74. The van der Waals surface area contributed by atoms with E-state index in [0.717, 1.165) is 17.0 Å². The van der Waals surface area contributed by atoms with E-state index in [1.54, 1.807) is 14.0 Å². The fraction of sp³-hybridized carbons (Fsp3) is 0.250. The Morgan fingerprint density at radius 3 is 2.81 bits per heavy atom. The van der Waals surface area contributed by atoms with E-state index in [-0.39, 0.29) is 16.9 Å². The van der Waals surface area contributed by atoms with Gasteiger partial charge in [-0.25, -0.2) is 0 Å². The van der Waals surface area contributed by atoms with Gasteiger partial charge in [0.2, 0.25) is 0 Å². The minimum Gasteiger partial charge on any atom is -0.496 e. The van der Waals surface area contributed by atoms with E-state index < -0.39 is 0 Å². The van der Waals surface area contributed by atoms with Crippen molar-refractivity contribution in [1.82, 2.24) is 10.3 Å². The number of benzene rings is 1. The quantitative estimate of drug-likeness (QED) is 0.878. The van der Waals surface area contributed by atoms with Crippen molar-refractivity contribution in [1.29, 1.82) is 0 Å². The van der Waals surface area contributed by atoms with Crippen molar-refractivity contribution >= 4 is 5.91 Å². The van der Waals surface area contributed by atoms with Crippen LogP contribution in [0.1, 0.15) is 21.6 Å². The Balaban J connectivity index is 1.97. The number of aromatic nitrogens is 1. The first-order chi connectivity index (χ1) is 10.1. The Hall–Kier alpha value is -2.56. The predicted octanol–water partition coefficient (Wildman–Crippen LogP) is 1.66. The normalized spacial score (nSPS) is 10.2. The number of hydrogen-bond donors (Lipinski definition) is 2. The van der Waals surface area contributed by atoms with Crippen LogP contribution in [0.2, 0.25) is 0 Å². The first-order valence-corrected chi connectivity index (χ1v) is 6.71. The molecule has 110 valence electrons. The molecule has 0 aliphatic carbocycles. The number of amides is 1. The van der Waals surface area contributed by atoms with Crippen LogP contribution in [-0.4, -0.2) is 24.5 Å². The van der Waals surface area contributed by atoms with Crippen molar-refractivity contribution in [3.8, 4) is 5.75 Å². The van der Waals surface area contributed by atoms with Crippen molar-refractivity contribution in [2.75, 3.05) is 13.7 Å².